The Labute approximate surface area is 126 Å². The van der Waals surface area contributed by atoms with Crippen molar-refractivity contribution < 1.29 is 13.2 Å². The van der Waals surface area contributed by atoms with Crippen LogP contribution in [0.2, 0.25) is 0 Å². The van der Waals surface area contributed by atoms with Gasteiger partial charge in [0.25, 0.3) is 0 Å². The molecule has 0 spiro atoms. The second-order valence-electron chi connectivity index (χ2n) is 4.76. The van der Waals surface area contributed by atoms with Crippen LogP contribution in [-0.2, 0) is 15.6 Å². The van der Waals surface area contributed by atoms with Crippen LogP contribution in [-0.4, -0.2) is 40.3 Å². The van der Waals surface area contributed by atoms with Crippen LogP contribution in [0, 0.1) is 0 Å². The zero-order valence-corrected chi connectivity index (χ0v) is 14.1. The van der Waals surface area contributed by atoms with E-state index in [1.54, 1.807) is 18.9 Å². The van der Waals surface area contributed by atoms with Crippen molar-refractivity contribution in [3.63, 3.8) is 0 Å². The molecule has 1 unspecified atom stereocenters. The minimum absolute atomic E-state index is 0.215. The summed E-state index contributed by atoms with van der Waals surface area (Å²) in [5, 5.41) is 3.21. The van der Waals surface area contributed by atoms with Gasteiger partial charge in [0.2, 0.25) is 0 Å². The predicted molar refractivity (Wildman–Crippen MR) is 86.3 cm³/mol. The van der Waals surface area contributed by atoms with Crippen LogP contribution in [0.1, 0.15) is 24.1 Å². The van der Waals surface area contributed by atoms with Crippen LogP contribution in [0.25, 0.3) is 0 Å². The van der Waals surface area contributed by atoms with Crippen molar-refractivity contribution in [1.29, 1.82) is 0 Å². The van der Waals surface area contributed by atoms with Crippen LogP contribution in [0.15, 0.2) is 18.2 Å². The molecule has 0 aliphatic carbocycles. The average molecular weight is 317 g/mol. The number of rotatable bonds is 8. The van der Waals surface area contributed by atoms with Gasteiger partial charge in [-0.3, -0.25) is 0 Å². The number of benzene rings is 1. The highest BCUT2D eigenvalue weighted by atomic mass is 32.2. The Kier molecular flexibility index (Phi) is 6.85. The molecule has 6 heteroatoms. The van der Waals surface area contributed by atoms with Gasteiger partial charge in [0.15, 0.2) is 0 Å². The van der Waals surface area contributed by atoms with Gasteiger partial charge in [0, 0.05) is 29.4 Å². The molecule has 0 bridgehead atoms. The Bertz CT molecular complexity index is 529. The number of hydrogen-bond donors (Lipinski definition) is 1. The molecule has 1 N–H and O–H groups in total. The molecule has 0 fully saturated rings. The van der Waals surface area contributed by atoms with Crippen molar-refractivity contribution in [2.75, 3.05) is 31.9 Å². The van der Waals surface area contributed by atoms with Crippen LogP contribution >= 0.6 is 11.8 Å². The smallest absolute Gasteiger partial charge is 0.148 e. The quantitative estimate of drug-likeness (QED) is 0.745. The summed E-state index contributed by atoms with van der Waals surface area (Å²) in [6.45, 7) is 2.10. The number of hydrogen-bond acceptors (Lipinski definition) is 5. The lowest BCUT2D eigenvalue weighted by Crippen LogP contribution is -2.12. The molecule has 1 aromatic carbocycles. The molecule has 114 valence electrons. The number of sulfone groups is 1. The van der Waals surface area contributed by atoms with E-state index in [-0.39, 0.29) is 11.8 Å². The maximum Gasteiger partial charge on any atom is 0.148 e. The third-order valence-corrected chi connectivity index (χ3v) is 5.31. The van der Waals surface area contributed by atoms with Crippen LogP contribution in [0.3, 0.4) is 0 Å². The summed E-state index contributed by atoms with van der Waals surface area (Å²) < 4.78 is 27.6. The summed E-state index contributed by atoms with van der Waals surface area (Å²) >= 11 is 1.61. The normalized spacial score (nSPS) is 13.2. The van der Waals surface area contributed by atoms with Crippen molar-refractivity contribution >= 4 is 21.6 Å². The fourth-order valence-corrected chi connectivity index (χ4v) is 4.01. The summed E-state index contributed by atoms with van der Waals surface area (Å²) in [4.78, 5) is 0. The zero-order valence-electron chi connectivity index (χ0n) is 12.5. The summed E-state index contributed by atoms with van der Waals surface area (Å²) in [6, 6.07) is 6.41. The third-order valence-electron chi connectivity index (χ3n) is 3.09. The van der Waals surface area contributed by atoms with E-state index in [9.17, 15) is 8.42 Å². The summed E-state index contributed by atoms with van der Waals surface area (Å²) in [5.41, 5.74) is 2.30. The van der Waals surface area contributed by atoms with Gasteiger partial charge in [-0.25, -0.2) is 8.42 Å². The van der Waals surface area contributed by atoms with Gasteiger partial charge >= 0.3 is 0 Å². The van der Waals surface area contributed by atoms with Gasteiger partial charge in [0.1, 0.15) is 15.6 Å². The monoisotopic (exact) mass is 317 g/mol. The maximum absolute atomic E-state index is 11.1. The van der Waals surface area contributed by atoms with Crippen LogP contribution in [0.4, 0.5) is 0 Å². The molecule has 0 aromatic heterocycles. The van der Waals surface area contributed by atoms with E-state index in [0.717, 1.165) is 17.1 Å². The molecule has 1 aromatic rings. The molecule has 20 heavy (non-hydrogen) atoms. The van der Waals surface area contributed by atoms with E-state index < -0.39 is 9.84 Å². The van der Waals surface area contributed by atoms with E-state index in [1.165, 1.54) is 11.8 Å². The van der Waals surface area contributed by atoms with Gasteiger partial charge in [-0.2, -0.15) is 11.8 Å². The minimum atomic E-state index is -2.88. The average Bonchev–Trinajstić information content (AvgIpc) is 2.41. The van der Waals surface area contributed by atoms with E-state index in [2.05, 4.69) is 18.3 Å². The zero-order chi connectivity index (χ0) is 15.2. The van der Waals surface area contributed by atoms with Crippen molar-refractivity contribution in [2.24, 2.45) is 0 Å². The topological polar surface area (TPSA) is 55.4 Å². The van der Waals surface area contributed by atoms with Crippen LogP contribution < -0.4 is 10.1 Å². The summed E-state index contributed by atoms with van der Waals surface area (Å²) in [7, 11) is 0.698. The van der Waals surface area contributed by atoms with E-state index in [4.69, 9.17) is 4.74 Å². The largest absolute Gasteiger partial charge is 0.496 e. The lowest BCUT2D eigenvalue weighted by molar-refractivity contribution is 0.411. The molecule has 0 aliphatic heterocycles. The second kappa shape index (κ2) is 7.90. The second-order valence-corrected chi connectivity index (χ2v) is 8.13. The Morgan fingerprint density at radius 2 is 2.10 bits per heavy atom. The van der Waals surface area contributed by atoms with Crippen molar-refractivity contribution in [3.8, 4) is 5.75 Å². The number of ether oxygens (including phenoxy) is 1. The third kappa shape index (κ3) is 5.73. The molecular weight excluding hydrogens is 294 g/mol. The molecule has 1 rings (SSSR count). The highest BCUT2D eigenvalue weighted by Gasteiger charge is 2.09. The number of methoxy groups -OCH3 is 1. The van der Waals surface area contributed by atoms with Crippen molar-refractivity contribution in [3.05, 3.63) is 29.3 Å². The highest BCUT2D eigenvalue weighted by Crippen LogP contribution is 2.26. The first-order valence-corrected chi connectivity index (χ1v) is 9.68. The molecule has 4 nitrogen and oxygen atoms in total. The molecule has 0 saturated carbocycles. The van der Waals surface area contributed by atoms with Crippen molar-refractivity contribution in [2.45, 2.75) is 18.7 Å². The van der Waals surface area contributed by atoms with E-state index in [1.807, 2.05) is 19.2 Å². The molecule has 0 radical (unpaired) electrons. The number of nitrogens with one attached hydrogen (secondary N) is 1. The maximum atomic E-state index is 11.1. The summed E-state index contributed by atoms with van der Waals surface area (Å²) in [6.07, 6.45) is 1.27. The molecule has 0 heterocycles. The van der Waals surface area contributed by atoms with Gasteiger partial charge in [-0.1, -0.05) is 6.07 Å². The van der Waals surface area contributed by atoms with Crippen LogP contribution in [0.5, 0.6) is 5.75 Å². The predicted octanol–water partition coefficient (Wildman–Crippen LogP) is 2.25. The lowest BCUT2D eigenvalue weighted by Gasteiger charge is -2.15. The van der Waals surface area contributed by atoms with Gasteiger partial charge < -0.3 is 10.1 Å². The van der Waals surface area contributed by atoms with Gasteiger partial charge in [-0.15, -0.1) is 0 Å². The first kappa shape index (κ1) is 17.3. The fourth-order valence-electron chi connectivity index (χ4n) is 1.74. The standard InChI is InChI=1S/C14H23NO3S2/c1-11(15-2)12-5-6-14(18-3)13(9-12)10-19-7-8-20(4,16)17/h5-6,9,11,15H,7-8,10H2,1-4H3. The molecule has 1 atom stereocenters. The summed E-state index contributed by atoms with van der Waals surface area (Å²) in [5.74, 6) is 2.42. The van der Waals surface area contributed by atoms with E-state index >= 15 is 0 Å². The molecule has 0 aliphatic rings. The highest BCUT2D eigenvalue weighted by molar-refractivity contribution is 7.99. The SMILES string of the molecule is CNC(C)c1ccc(OC)c(CSCCS(C)(=O)=O)c1. The molecular formula is C14H23NO3S2. The minimum Gasteiger partial charge on any atom is -0.496 e. The Balaban J connectivity index is 2.71. The van der Waals surface area contributed by atoms with Gasteiger partial charge in [-0.05, 0) is 31.7 Å². The Hall–Kier alpha value is -0.720. The Morgan fingerprint density at radius 1 is 1.40 bits per heavy atom. The first-order chi connectivity index (χ1) is 9.37. The Morgan fingerprint density at radius 3 is 2.65 bits per heavy atom. The molecule has 0 amide bonds. The van der Waals surface area contributed by atoms with Gasteiger partial charge in [0.05, 0.1) is 12.9 Å². The number of thioether (sulfide) groups is 1. The first-order valence-electron chi connectivity index (χ1n) is 6.47. The van der Waals surface area contributed by atoms with E-state index in [0.29, 0.717) is 5.75 Å². The molecule has 0 saturated heterocycles. The fraction of sp³-hybridized carbons (Fsp3) is 0.571. The lowest BCUT2D eigenvalue weighted by atomic mass is 10.1. The van der Waals surface area contributed by atoms with Crippen molar-refractivity contribution in [1.82, 2.24) is 5.32 Å².